The topological polar surface area (TPSA) is 114 Å². The predicted octanol–water partition coefficient (Wildman–Crippen LogP) is -0.388. The minimum absolute atomic E-state index is 0.587. The summed E-state index contributed by atoms with van der Waals surface area (Å²) in [4.78, 5) is 10.1. The average Bonchev–Trinajstić information content (AvgIpc) is 2.53. The molecule has 0 aromatic heterocycles. The van der Waals surface area contributed by atoms with Gasteiger partial charge in [0.15, 0.2) is 0 Å². The van der Waals surface area contributed by atoms with Gasteiger partial charge in [-0.25, -0.2) is 0 Å². The first-order valence-electron chi connectivity index (χ1n) is 7.46. The van der Waals surface area contributed by atoms with E-state index >= 15 is 0 Å². The predicted molar refractivity (Wildman–Crippen MR) is 92.8 cm³/mol. The van der Waals surface area contributed by atoms with Crippen LogP contribution in [0.5, 0.6) is 0 Å². The van der Waals surface area contributed by atoms with E-state index in [-0.39, 0.29) is 0 Å². The van der Waals surface area contributed by atoms with Crippen molar-refractivity contribution in [1.29, 1.82) is 0 Å². The van der Waals surface area contributed by atoms with Crippen molar-refractivity contribution in [2.75, 3.05) is 48.1 Å². The summed E-state index contributed by atoms with van der Waals surface area (Å²) in [6.45, 7) is 5.30. The summed E-state index contributed by atoms with van der Waals surface area (Å²) >= 11 is 0. The Kier molecular flexibility index (Phi) is 11.2. The summed E-state index contributed by atoms with van der Waals surface area (Å²) < 4.78 is 33.2. The largest absolute Gasteiger partial charge is 0.493 e. The third kappa shape index (κ3) is 8.80. The lowest BCUT2D eigenvalue weighted by atomic mass is 10.5. The first kappa shape index (κ1) is 23.3. The molecule has 0 spiro atoms. The van der Waals surface area contributed by atoms with Gasteiger partial charge in [-0.2, -0.15) is 0 Å². The molecular weight excluding hydrogens is 356 g/mol. The lowest BCUT2D eigenvalue weighted by Gasteiger charge is -2.37. The molecule has 0 aromatic rings. The maximum absolute atomic E-state index is 10.1. The van der Waals surface area contributed by atoms with Crippen molar-refractivity contribution in [3.8, 4) is 0 Å². The van der Waals surface area contributed by atoms with Gasteiger partial charge in [0.25, 0.3) is 0 Å². The molecule has 0 fully saturated rings. The van der Waals surface area contributed by atoms with Gasteiger partial charge in [-0.1, -0.05) is 0 Å². The smallest absolute Gasteiger partial charge is 0.390 e. The Labute approximate surface area is 142 Å². The molecule has 0 aliphatic carbocycles. The van der Waals surface area contributed by atoms with Gasteiger partial charge in [0, 0.05) is 60.7 Å². The van der Waals surface area contributed by atoms with E-state index in [2.05, 4.69) is 5.32 Å². The van der Waals surface area contributed by atoms with Crippen LogP contribution in [0.2, 0.25) is 19.1 Å². The summed E-state index contributed by atoms with van der Waals surface area (Å²) in [5.41, 5.74) is 5.44. The SMILES string of the molecule is CO[Si](C)(O)O[Si](C)(OC)O[Si](CCCNCCN)(OC)OC. The number of hydrogen-bond acceptors (Lipinski definition) is 9. The monoisotopic (exact) mass is 388 g/mol. The summed E-state index contributed by atoms with van der Waals surface area (Å²) in [6, 6.07) is 0.587. The maximum atomic E-state index is 10.1. The zero-order chi connectivity index (χ0) is 18.0. The summed E-state index contributed by atoms with van der Waals surface area (Å²) in [7, 11) is -3.52. The van der Waals surface area contributed by atoms with Crippen molar-refractivity contribution in [1.82, 2.24) is 5.32 Å². The second-order valence-corrected chi connectivity index (χ2v) is 13.8. The van der Waals surface area contributed by atoms with E-state index in [0.717, 1.165) is 19.5 Å². The van der Waals surface area contributed by atoms with Gasteiger partial charge in [-0.15, -0.1) is 0 Å². The third-order valence-corrected chi connectivity index (χ3v) is 12.7. The van der Waals surface area contributed by atoms with Gasteiger partial charge in [-0.05, 0) is 13.0 Å². The molecule has 2 atom stereocenters. The molecule has 2 unspecified atom stereocenters. The fourth-order valence-electron chi connectivity index (χ4n) is 1.85. The molecule has 0 heterocycles. The van der Waals surface area contributed by atoms with Crippen LogP contribution in [-0.4, -0.2) is 79.3 Å². The molecule has 12 heteroatoms. The van der Waals surface area contributed by atoms with E-state index in [0.29, 0.717) is 12.6 Å². The Morgan fingerprint density at radius 1 is 0.913 bits per heavy atom. The molecule has 140 valence electrons. The molecule has 0 saturated carbocycles. The Morgan fingerprint density at radius 2 is 1.52 bits per heavy atom. The van der Waals surface area contributed by atoms with Crippen LogP contribution >= 0.6 is 0 Å². The standard InChI is InChI=1S/C11H32N2O7Si3/c1-15-21(5,14)19-22(6,16-2)20-23(17-3,18-4)11-7-9-13-10-8-12/h13-14H,7-12H2,1-6H3. The van der Waals surface area contributed by atoms with E-state index < -0.39 is 26.4 Å². The van der Waals surface area contributed by atoms with E-state index in [9.17, 15) is 4.80 Å². The van der Waals surface area contributed by atoms with Gasteiger partial charge < -0.3 is 41.8 Å². The lowest BCUT2D eigenvalue weighted by Crippen LogP contribution is -2.60. The van der Waals surface area contributed by atoms with Crippen molar-refractivity contribution < 1.29 is 30.7 Å². The molecule has 0 bridgehead atoms. The highest BCUT2D eigenvalue weighted by Gasteiger charge is 2.53. The van der Waals surface area contributed by atoms with Crippen LogP contribution in [-0.2, 0) is 25.9 Å². The van der Waals surface area contributed by atoms with E-state index in [4.69, 9.17) is 31.7 Å². The minimum atomic E-state index is -3.31. The number of nitrogens with one attached hydrogen (secondary N) is 1. The highest BCUT2D eigenvalue weighted by atomic mass is 28.5. The Hall–Kier alpha value is 0.291. The van der Waals surface area contributed by atoms with Crippen LogP contribution < -0.4 is 11.1 Å². The van der Waals surface area contributed by atoms with Gasteiger partial charge in [0.2, 0.25) is 0 Å². The van der Waals surface area contributed by atoms with Crippen molar-refractivity contribution in [2.24, 2.45) is 5.73 Å². The molecular formula is C11H32N2O7Si3. The first-order valence-corrected chi connectivity index (χ1v) is 13.9. The van der Waals surface area contributed by atoms with Crippen LogP contribution in [0.3, 0.4) is 0 Å². The van der Waals surface area contributed by atoms with Gasteiger partial charge in [0.05, 0.1) is 0 Å². The van der Waals surface area contributed by atoms with Gasteiger partial charge in [0.1, 0.15) is 0 Å². The lowest BCUT2D eigenvalue weighted by molar-refractivity contribution is 0.0843. The highest BCUT2D eigenvalue weighted by molar-refractivity contribution is 6.79. The molecule has 0 aliphatic heterocycles. The summed E-state index contributed by atoms with van der Waals surface area (Å²) in [5.74, 6) is 0. The van der Waals surface area contributed by atoms with Crippen LogP contribution in [0, 0.1) is 0 Å². The van der Waals surface area contributed by atoms with Crippen LogP contribution in [0.25, 0.3) is 0 Å². The van der Waals surface area contributed by atoms with Gasteiger partial charge in [-0.3, -0.25) is 0 Å². The highest BCUT2D eigenvalue weighted by Crippen LogP contribution is 2.24. The molecule has 0 aliphatic rings. The average molecular weight is 389 g/mol. The maximum Gasteiger partial charge on any atom is 0.493 e. The second-order valence-electron chi connectivity index (χ2n) is 5.11. The molecule has 0 saturated heterocycles. The van der Waals surface area contributed by atoms with Crippen molar-refractivity contribution in [3.63, 3.8) is 0 Å². The Morgan fingerprint density at radius 3 is 1.96 bits per heavy atom. The number of hydrogen-bond donors (Lipinski definition) is 3. The fraction of sp³-hybridized carbons (Fsp3) is 1.00. The molecule has 9 nitrogen and oxygen atoms in total. The molecule has 0 rings (SSSR count). The second kappa shape index (κ2) is 11.0. The van der Waals surface area contributed by atoms with E-state index in [1.165, 1.54) is 20.8 Å². The Balaban J connectivity index is 4.84. The minimum Gasteiger partial charge on any atom is -0.390 e. The normalized spacial score (nSPS) is 17.7. The van der Waals surface area contributed by atoms with Crippen LogP contribution in [0.1, 0.15) is 6.42 Å². The van der Waals surface area contributed by atoms with Crippen molar-refractivity contribution >= 4 is 26.4 Å². The zero-order valence-electron chi connectivity index (χ0n) is 15.0. The van der Waals surface area contributed by atoms with E-state index in [1.54, 1.807) is 20.8 Å². The molecule has 23 heavy (non-hydrogen) atoms. The quantitative estimate of drug-likeness (QED) is 0.270. The molecule has 0 amide bonds. The first-order chi connectivity index (χ1) is 10.7. The van der Waals surface area contributed by atoms with Crippen LogP contribution in [0.4, 0.5) is 0 Å². The van der Waals surface area contributed by atoms with Crippen LogP contribution in [0.15, 0.2) is 0 Å². The fourth-order valence-corrected chi connectivity index (χ4v) is 10.7. The van der Waals surface area contributed by atoms with E-state index in [1.807, 2.05) is 0 Å². The summed E-state index contributed by atoms with van der Waals surface area (Å²) in [5, 5.41) is 3.21. The molecule has 0 aromatic carbocycles. The van der Waals surface area contributed by atoms with Crippen molar-refractivity contribution in [2.45, 2.75) is 25.6 Å². The molecule has 4 N–H and O–H groups in total. The van der Waals surface area contributed by atoms with Crippen molar-refractivity contribution in [3.05, 3.63) is 0 Å². The van der Waals surface area contributed by atoms with Gasteiger partial charge >= 0.3 is 26.4 Å². The zero-order valence-corrected chi connectivity index (χ0v) is 18.0. The summed E-state index contributed by atoms with van der Waals surface area (Å²) in [6.07, 6.45) is 0.792. The number of rotatable bonds is 14. The Bertz CT molecular complexity index is 324. The molecule has 0 radical (unpaired) electrons. The third-order valence-electron chi connectivity index (χ3n) is 3.24. The number of nitrogens with two attached hydrogens (primary N) is 1.